The van der Waals surface area contributed by atoms with Crippen LogP contribution in [0.3, 0.4) is 0 Å². The second-order valence-electron chi connectivity index (χ2n) is 7.70. The smallest absolute Gasteiger partial charge is 0.228 e. The number of fused-ring (bicyclic) bond motifs is 2. The molecule has 2 aromatic heterocycles. The molecule has 2 N–H and O–H groups in total. The Morgan fingerprint density at radius 3 is 2.93 bits per heavy atom. The van der Waals surface area contributed by atoms with Crippen molar-refractivity contribution in [1.29, 1.82) is 0 Å². The van der Waals surface area contributed by atoms with Crippen LogP contribution in [-0.4, -0.2) is 20.5 Å². The van der Waals surface area contributed by atoms with E-state index in [2.05, 4.69) is 49.9 Å². The van der Waals surface area contributed by atoms with E-state index in [1.807, 2.05) is 10.6 Å². The molecule has 0 spiro atoms. The molecule has 0 bridgehead atoms. The van der Waals surface area contributed by atoms with Gasteiger partial charge in [-0.05, 0) is 46.0 Å². The predicted octanol–water partition coefficient (Wildman–Crippen LogP) is 4.65. The third-order valence-corrected chi connectivity index (χ3v) is 6.30. The van der Waals surface area contributed by atoms with E-state index in [4.69, 9.17) is 4.98 Å². The first-order valence-corrected chi connectivity index (χ1v) is 10.7. The Hall–Kier alpha value is -2.41. The van der Waals surface area contributed by atoms with Crippen LogP contribution in [0.1, 0.15) is 54.8 Å². The summed E-state index contributed by atoms with van der Waals surface area (Å²) < 4.78 is 2.77. The molecule has 144 valence electrons. The van der Waals surface area contributed by atoms with E-state index in [1.54, 1.807) is 6.20 Å². The maximum absolute atomic E-state index is 11.6. The van der Waals surface area contributed by atoms with Crippen LogP contribution in [0.2, 0.25) is 0 Å². The van der Waals surface area contributed by atoms with Gasteiger partial charge in [0.15, 0.2) is 5.65 Å². The van der Waals surface area contributed by atoms with Gasteiger partial charge < -0.3 is 10.6 Å². The zero-order valence-electron chi connectivity index (χ0n) is 15.5. The van der Waals surface area contributed by atoms with Gasteiger partial charge in [0.25, 0.3) is 0 Å². The molecule has 1 fully saturated rings. The standard InChI is InChI=1S/C21H22BrN5O/c22-16-12-24-27-19(10-18(26-21(16)27)14-4-2-1-3-5-14)23-11-13-6-7-17-15(8-13)9-20(28)25-17/h6-8,10,12,14,23H,1-5,9,11H2,(H,25,28). The van der Waals surface area contributed by atoms with Gasteiger partial charge in [-0.1, -0.05) is 31.4 Å². The lowest BCUT2D eigenvalue weighted by molar-refractivity contribution is -0.115. The van der Waals surface area contributed by atoms with E-state index in [-0.39, 0.29) is 5.91 Å². The molecule has 2 aliphatic rings. The van der Waals surface area contributed by atoms with Crippen LogP contribution in [0.4, 0.5) is 11.5 Å². The lowest BCUT2D eigenvalue weighted by Crippen LogP contribution is -2.11. The molecule has 7 heteroatoms. The number of benzene rings is 1. The molecule has 28 heavy (non-hydrogen) atoms. The summed E-state index contributed by atoms with van der Waals surface area (Å²) in [4.78, 5) is 16.5. The van der Waals surface area contributed by atoms with Crippen molar-refractivity contribution in [2.75, 3.05) is 10.6 Å². The SMILES string of the molecule is O=C1Cc2cc(CNc3cc(C4CCCCC4)nc4c(Br)cnn34)ccc2N1. The van der Waals surface area contributed by atoms with Crippen molar-refractivity contribution in [2.24, 2.45) is 0 Å². The molecule has 1 aliphatic carbocycles. The number of nitrogens with one attached hydrogen (secondary N) is 2. The molecular weight excluding hydrogens is 418 g/mol. The summed E-state index contributed by atoms with van der Waals surface area (Å²) in [5.41, 5.74) is 5.14. The Bertz CT molecular complexity index is 1050. The minimum atomic E-state index is 0.0643. The Balaban J connectivity index is 1.43. The molecule has 0 saturated heterocycles. The number of aromatic nitrogens is 3. The monoisotopic (exact) mass is 439 g/mol. The van der Waals surface area contributed by atoms with Gasteiger partial charge in [0.1, 0.15) is 5.82 Å². The lowest BCUT2D eigenvalue weighted by atomic mass is 9.87. The van der Waals surface area contributed by atoms with Crippen LogP contribution in [0.5, 0.6) is 0 Å². The average Bonchev–Trinajstić information content (AvgIpc) is 3.28. The molecule has 3 heterocycles. The first kappa shape index (κ1) is 17.7. The quantitative estimate of drug-likeness (QED) is 0.620. The summed E-state index contributed by atoms with van der Waals surface area (Å²) in [6, 6.07) is 8.29. The van der Waals surface area contributed by atoms with Gasteiger partial charge >= 0.3 is 0 Å². The predicted molar refractivity (Wildman–Crippen MR) is 113 cm³/mol. The summed E-state index contributed by atoms with van der Waals surface area (Å²) in [6.07, 6.45) is 8.56. The van der Waals surface area contributed by atoms with Crippen molar-refractivity contribution in [1.82, 2.24) is 14.6 Å². The molecular formula is C21H22BrN5O. The van der Waals surface area contributed by atoms with E-state index in [0.717, 1.165) is 38.4 Å². The average molecular weight is 440 g/mol. The van der Waals surface area contributed by atoms with Crippen LogP contribution in [-0.2, 0) is 17.8 Å². The molecule has 3 aromatic rings. The number of rotatable bonds is 4. The van der Waals surface area contributed by atoms with Gasteiger partial charge in [-0.2, -0.15) is 9.61 Å². The number of hydrogen-bond acceptors (Lipinski definition) is 4. The Morgan fingerprint density at radius 1 is 1.21 bits per heavy atom. The first-order chi connectivity index (χ1) is 13.7. The zero-order valence-corrected chi connectivity index (χ0v) is 17.1. The second kappa shape index (κ2) is 7.20. The maximum atomic E-state index is 11.6. The van der Waals surface area contributed by atoms with E-state index in [0.29, 0.717) is 18.9 Å². The van der Waals surface area contributed by atoms with Crippen LogP contribution >= 0.6 is 15.9 Å². The van der Waals surface area contributed by atoms with Crippen molar-refractivity contribution < 1.29 is 4.79 Å². The highest BCUT2D eigenvalue weighted by Gasteiger charge is 2.20. The van der Waals surface area contributed by atoms with Gasteiger partial charge in [-0.3, -0.25) is 4.79 Å². The third-order valence-electron chi connectivity index (χ3n) is 5.74. The van der Waals surface area contributed by atoms with Crippen molar-refractivity contribution in [2.45, 2.75) is 51.0 Å². The van der Waals surface area contributed by atoms with Crippen LogP contribution < -0.4 is 10.6 Å². The zero-order chi connectivity index (χ0) is 19.1. The van der Waals surface area contributed by atoms with Gasteiger partial charge in [0.05, 0.1) is 17.1 Å². The van der Waals surface area contributed by atoms with Gasteiger partial charge in [-0.15, -0.1) is 0 Å². The van der Waals surface area contributed by atoms with Gasteiger partial charge in [0, 0.05) is 29.9 Å². The largest absolute Gasteiger partial charge is 0.366 e. The van der Waals surface area contributed by atoms with Crippen molar-refractivity contribution in [3.8, 4) is 0 Å². The number of amides is 1. The topological polar surface area (TPSA) is 71.3 Å². The maximum Gasteiger partial charge on any atom is 0.228 e. The summed E-state index contributed by atoms with van der Waals surface area (Å²) in [5, 5.41) is 10.9. The van der Waals surface area contributed by atoms with Gasteiger partial charge in [0.2, 0.25) is 5.91 Å². The summed E-state index contributed by atoms with van der Waals surface area (Å²) in [6.45, 7) is 0.669. The summed E-state index contributed by atoms with van der Waals surface area (Å²) in [7, 11) is 0. The molecule has 5 rings (SSSR count). The minimum absolute atomic E-state index is 0.0643. The molecule has 0 atom stereocenters. The van der Waals surface area contributed by atoms with E-state index in [1.165, 1.54) is 32.1 Å². The fourth-order valence-electron chi connectivity index (χ4n) is 4.27. The number of anilines is 2. The second-order valence-corrected chi connectivity index (χ2v) is 8.55. The fourth-order valence-corrected chi connectivity index (χ4v) is 4.62. The molecule has 0 unspecified atom stereocenters. The Kier molecular flexibility index (Phi) is 4.55. The third kappa shape index (κ3) is 3.28. The highest BCUT2D eigenvalue weighted by atomic mass is 79.9. The number of halogens is 1. The van der Waals surface area contributed by atoms with Crippen molar-refractivity contribution in [3.63, 3.8) is 0 Å². The first-order valence-electron chi connectivity index (χ1n) is 9.87. The number of carbonyl (C=O) groups excluding carboxylic acids is 1. The highest BCUT2D eigenvalue weighted by Crippen LogP contribution is 2.34. The number of nitrogens with zero attached hydrogens (tertiary/aromatic N) is 3. The molecule has 1 saturated carbocycles. The Morgan fingerprint density at radius 2 is 2.07 bits per heavy atom. The Labute approximate surface area is 171 Å². The fraction of sp³-hybridized carbons (Fsp3) is 0.381. The van der Waals surface area contributed by atoms with Crippen LogP contribution in [0.25, 0.3) is 5.65 Å². The number of carbonyl (C=O) groups is 1. The van der Waals surface area contributed by atoms with Gasteiger partial charge in [-0.25, -0.2) is 4.98 Å². The van der Waals surface area contributed by atoms with Crippen LogP contribution in [0.15, 0.2) is 34.9 Å². The molecule has 1 aliphatic heterocycles. The lowest BCUT2D eigenvalue weighted by Gasteiger charge is -2.22. The van der Waals surface area contributed by atoms with E-state index in [9.17, 15) is 4.79 Å². The molecule has 1 amide bonds. The molecule has 6 nitrogen and oxygen atoms in total. The van der Waals surface area contributed by atoms with E-state index < -0.39 is 0 Å². The highest BCUT2D eigenvalue weighted by molar-refractivity contribution is 9.10. The molecule has 1 aromatic carbocycles. The summed E-state index contributed by atoms with van der Waals surface area (Å²) in [5.74, 6) is 1.54. The molecule has 0 radical (unpaired) electrons. The number of hydrogen-bond donors (Lipinski definition) is 2. The van der Waals surface area contributed by atoms with Crippen molar-refractivity contribution >= 4 is 39.0 Å². The minimum Gasteiger partial charge on any atom is -0.366 e. The normalized spacial score (nSPS) is 17.0. The van der Waals surface area contributed by atoms with E-state index >= 15 is 0 Å². The summed E-state index contributed by atoms with van der Waals surface area (Å²) >= 11 is 3.58. The van der Waals surface area contributed by atoms with Crippen molar-refractivity contribution in [3.05, 3.63) is 51.8 Å². The van der Waals surface area contributed by atoms with Crippen LogP contribution in [0, 0.1) is 0 Å².